The number of hydrogen-bond acceptors (Lipinski definition) is 4. The normalized spacial score (nSPS) is 15.6. The summed E-state index contributed by atoms with van der Waals surface area (Å²) in [5.41, 5.74) is -0.361. The molecule has 3 heterocycles. The van der Waals surface area contributed by atoms with Gasteiger partial charge in [-0.05, 0) is 19.0 Å². The molecule has 4 rings (SSSR count). The maximum absolute atomic E-state index is 14.5. The maximum atomic E-state index is 14.5. The van der Waals surface area contributed by atoms with Crippen molar-refractivity contribution in [3.05, 3.63) is 53.2 Å². The molecule has 1 atom stereocenters. The minimum absolute atomic E-state index is 0.00327. The minimum Gasteiger partial charge on any atom is -0.370 e. The largest absolute Gasteiger partial charge is 0.370 e. The second kappa shape index (κ2) is 6.97. The van der Waals surface area contributed by atoms with Crippen LogP contribution in [-0.4, -0.2) is 34.0 Å². The molecular weight excluding hydrogens is 395 g/mol. The van der Waals surface area contributed by atoms with Crippen molar-refractivity contribution in [3.8, 4) is 11.1 Å². The van der Waals surface area contributed by atoms with Crippen LogP contribution in [0.15, 0.2) is 30.6 Å². The van der Waals surface area contributed by atoms with Crippen LogP contribution >= 0.6 is 11.6 Å². The summed E-state index contributed by atoms with van der Waals surface area (Å²) in [5.74, 6) is -2.64. The lowest BCUT2D eigenvalue weighted by molar-refractivity contribution is 0.548. The average molecular weight is 410 g/mol. The molecule has 2 aromatic heterocycles. The number of anilines is 1. The van der Waals surface area contributed by atoms with Gasteiger partial charge in [0, 0.05) is 17.8 Å². The molecule has 0 saturated carbocycles. The molecule has 0 amide bonds. The summed E-state index contributed by atoms with van der Waals surface area (Å²) in [5, 5.41) is 7.29. The molecule has 1 unspecified atom stereocenters. The molecule has 0 aliphatic carbocycles. The van der Waals surface area contributed by atoms with E-state index in [1.54, 1.807) is 0 Å². The molecular formula is C17H15ClF3N5Si. The maximum Gasteiger partial charge on any atom is 0.255 e. The topological polar surface area (TPSA) is 55.1 Å². The monoisotopic (exact) mass is 409 g/mol. The van der Waals surface area contributed by atoms with Crippen LogP contribution in [-0.2, 0) is 0 Å². The standard InChI is InChI=1S/C17H15ClF3N5Si/c1-9(27-4-2-3-5-27)24-16-14(13-11(20)6-10(19)7-12(13)21)15(18)25-17-22-8-23-26(16)17/h2-3,6-9,24,27H,4-5H2,1H3. The van der Waals surface area contributed by atoms with E-state index in [4.69, 9.17) is 11.6 Å². The number of nitrogens with one attached hydrogen (secondary N) is 1. The highest BCUT2D eigenvalue weighted by Gasteiger charge is 2.27. The molecule has 10 heteroatoms. The molecule has 1 N–H and O–H groups in total. The number of fused-ring (bicyclic) bond motifs is 1. The molecule has 140 valence electrons. The van der Waals surface area contributed by atoms with E-state index in [2.05, 4.69) is 32.5 Å². The van der Waals surface area contributed by atoms with Gasteiger partial charge in [-0.15, -0.1) is 0 Å². The molecule has 1 aromatic carbocycles. The number of hydrogen-bond donors (Lipinski definition) is 1. The third-order valence-corrected chi connectivity index (χ3v) is 8.37. The number of benzene rings is 1. The van der Waals surface area contributed by atoms with Crippen LogP contribution in [0.4, 0.5) is 19.0 Å². The van der Waals surface area contributed by atoms with Crippen LogP contribution in [0.3, 0.4) is 0 Å². The molecule has 27 heavy (non-hydrogen) atoms. The summed E-state index contributed by atoms with van der Waals surface area (Å²) in [7, 11) is -1.16. The fraction of sp³-hybridized carbons (Fsp3) is 0.235. The third kappa shape index (κ3) is 3.21. The van der Waals surface area contributed by atoms with Gasteiger partial charge in [0.25, 0.3) is 5.78 Å². The molecule has 0 radical (unpaired) electrons. The first-order chi connectivity index (χ1) is 13.0. The van der Waals surface area contributed by atoms with E-state index in [0.717, 1.165) is 12.1 Å². The Morgan fingerprint density at radius 3 is 2.48 bits per heavy atom. The van der Waals surface area contributed by atoms with Crippen molar-refractivity contribution < 1.29 is 13.2 Å². The lowest BCUT2D eigenvalue weighted by Gasteiger charge is -2.23. The number of nitrogens with zero attached hydrogens (tertiary/aromatic N) is 4. The second-order valence-electron chi connectivity index (χ2n) is 6.48. The van der Waals surface area contributed by atoms with Crippen LogP contribution in [0.2, 0.25) is 17.2 Å². The molecule has 3 aromatic rings. The summed E-state index contributed by atoms with van der Waals surface area (Å²) >= 11 is 6.27. The van der Waals surface area contributed by atoms with Gasteiger partial charge in [-0.2, -0.15) is 19.6 Å². The Kier molecular flexibility index (Phi) is 4.64. The highest BCUT2D eigenvalue weighted by atomic mass is 35.5. The average Bonchev–Trinajstić information content (AvgIpc) is 3.27. The Bertz CT molecular complexity index is 1020. The van der Waals surface area contributed by atoms with Crippen LogP contribution in [0, 0.1) is 17.5 Å². The smallest absolute Gasteiger partial charge is 0.255 e. The first kappa shape index (κ1) is 18.0. The predicted octanol–water partition coefficient (Wildman–Crippen LogP) is 4.00. The Morgan fingerprint density at radius 1 is 1.15 bits per heavy atom. The molecule has 1 aliphatic heterocycles. The Labute approximate surface area is 159 Å². The first-order valence-electron chi connectivity index (χ1n) is 8.41. The minimum atomic E-state index is -1.16. The number of allylic oxidation sites excluding steroid dienone is 2. The summed E-state index contributed by atoms with van der Waals surface area (Å²) < 4.78 is 43.7. The zero-order valence-electron chi connectivity index (χ0n) is 14.3. The van der Waals surface area contributed by atoms with Crippen molar-refractivity contribution in [2.24, 2.45) is 0 Å². The van der Waals surface area contributed by atoms with Crippen molar-refractivity contribution in [2.45, 2.75) is 24.7 Å². The Hall–Kier alpha value is -2.39. The first-order valence-corrected chi connectivity index (χ1v) is 11.1. The quantitative estimate of drug-likeness (QED) is 0.402. The van der Waals surface area contributed by atoms with Crippen LogP contribution in [0.5, 0.6) is 0 Å². The van der Waals surface area contributed by atoms with Gasteiger partial charge >= 0.3 is 0 Å². The zero-order chi connectivity index (χ0) is 19.1. The third-order valence-electron chi connectivity index (χ3n) is 4.76. The zero-order valence-corrected chi connectivity index (χ0v) is 16.2. The van der Waals surface area contributed by atoms with Gasteiger partial charge in [-0.3, -0.25) is 0 Å². The number of aromatic nitrogens is 4. The Balaban J connectivity index is 1.91. The molecule has 0 fully saturated rings. The summed E-state index contributed by atoms with van der Waals surface area (Å²) in [6.07, 6.45) is 5.59. The van der Waals surface area contributed by atoms with E-state index in [1.165, 1.54) is 10.8 Å². The van der Waals surface area contributed by atoms with E-state index in [9.17, 15) is 13.2 Å². The fourth-order valence-corrected chi connectivity index (χ4v) is 6.08. The molecule has 1 aliphatic rings. The van der Waals surface area contributed by atoms with Gasteiger partial charge in [-0.1, -0.05) is 23.8 Å². The lowest BCUT2D eigenvalue weighted by Crippen LogP contribution is -2.33. The van der Waals surface area contributed by atoms with Crippen molar-refractivity contribution in [1.82, 2.24) is 19.6 Å². The van der Waals surface area contributed by atoms with E-state index in [0.29, 0.717) is 18.0 Å². The van der Waals surface area contributed by atoms with E-state index in [-0.39, 0.29) is 22.2 Å². The van der Waals surface area contributed by atoms with Gasteiger partial charge < -0.3 is 5.32 Å². The predicted molar refractivity (Wildman–Crippen MR) is 100 cm³/mol. The highest BCUT2D eigenvalue weighted by molar-refractivity contribution is 6.63. The fourth-order valence-electron chi connectivity index (χ4n) is 3.33. The molecule has 0 spiro atoms. The van der Waals surface area contributed by atoms with Gasteiger partial charge in [0.2, 0.25) is 0 Å². The SMILES string of the molecule is CC(Nc1c(-c2c(F)cc(F)cc2F)c(Cl)nc2ncnn12)[SiH]1CC=CC1. The summed E-state index contributed by atoms with van der Waals surface area (Å²) in [4.78, 5) is 8.08. The Morgan fingerprint density at radius 2 is 1.81 bits per heavy atom. The summed E-state index contributed by atoms with van der Waals surface area (Å²) in [6, 6.07) is 3.29. The van der Waals surface area contributed by atoms with Crippen LogP contribution in [0.25, 0.3) is 16.9 Å². The second-order valence-corrected chi connectivity index (χ2v) is 10.3. The van der Waals surface area contributed by atoms with Crippen molar-refractivity contribution in [2.75, 3.05) is 5.32 Å². The van der Waals surface area contributed by atoms with E-state index >= 15 is 0 Å². The van der Waals surface area contributed by atoms with Crippen molar-refractivity contribution in [1.29, 1.82) is 0 Å². The number of halogens is 4. The molecule has 0 bridgehead atoms. The van der Waals surface area contributed by atoms with E-state index in [1.807, 2.05) is 6.92 Å². The molecule has 5 nitrogen and oxygen atoms in total. The molecule has 0 saturated heterocycles. The highest BCUT2D eigenvalue weighted by Crippen LogP contribution is 2.38. The van der Waals surface area contributed by atoms with Crippen molar-refractivity contribution >= 4 is 32.0 Å². The van der Waals surface area contributed by atoms with Crippen LogP contribution < -0.4 is 5.32 Å². The van der Waals surface area contributed by atoms with E-state index < -0.39 is 31.8 Å². The van der Waals surface area contributed by atoms with Crippen molar-refractivity contribution in [3.63, 3.8) is 0 Å². The van der Waals surface area contributed by atoms with Gasteiger partial charge in [-0.25, -0.2) is 13.2 Å². The van der Waals surface area contributed by atoms with Crippen LogP contribution in [0.1, 0.15) is 6.92 Å². The van der Waals surface area contributed by atoms with Gasteiger partial charge in [0.05, 0.1) is 19.9 Å². The van der Waals surface area contributed by atoms with Gasteiger partial charge in [0.1, 0.15) is 34.7 Å². The lowest BCUT2D eigenvalue weighted by atomic mass is 10.1. The summed E-state index contributed by atoms with van der Waals surface area (Å²) in [6.45, 7) is 2.03. The number of rotatable bonds is 4. The van der Waals surface area contributed by atoms with Gasteiger partial charge in [0.15, 0.2) is 0 Å².